The van der Waals surface area contributed by atoms with E-state index in [-0.39, 0.29) is 11.8 Å². The van der Waals surface area contributed by atoms with Gasteiger partial charge in [0.15, 0.2) is 5.78 Å². The van der Waals surface area contributed by atoms with Crippen LogP contribution in [-0.2, 0) is 0 Å². The fourth-order valence-electron chi connectivity index (χ4n) is 4.24. The highest BCUT2D eigenvalue weighted by atomic mass is 79.9. The number of Topliss-reactive ketones (excluding diaryl/α,β-unsaturated/α-hetero) is 1. The maximum atomic E-state index is 14.2. The molecule has 3 aromatic carbocycles. The van der Waals surface area contributed by atoms with Gasteiger partial charge in [0.1, 0.15) is 17.8 Å². The number of aromatic nitrogens is 1. The Bertz CT molecular complexity index is 1290. The van der Waals surface area contributed by atoms with E-state index in [0.29, 0.717) is 11.3 Å². The zero-order valence-corrected chi connectivity index (χ0v) is 19.1. The van der Waals surface area contributed by atoms with Gasteiger partial charge in [0, 0.05) is 22.4 Å². The van der Waals surface area contributed by atoms with Crippen LogP contribution in [0.3, 0.4) is 0 Å². The SMILES string of the molecule is COc1ccc(C(=O)[C@@H]2[C@@H](c3ccccc3)N=Cc3cccn32)c(-c2ccc(Br)cc2)c1. The first kappa shape index (κ1) is 20.5. The van der Waals surface area contributed by atoms with Gasteiger partial charge in [-0.3, -0.25) is 9.79 Å². The van der Waals surface area contributed by atoms with Gasteiger partial charge in [0.25, 0.3) is 0 Å². The molecule has 0 radical (unpaired) electrons. The van der Waals surface area contributed by atoms with Crippen molar-refractivity contribution in [1.29, 1.82) is 0 Å². The van der Waals surface area contributed by atoms with E-state index in [0.717, 1.165) is 26.9 Å². The molecule has 4 aromatic rings. The average Bonchev–Trinajstić information content (AvgIpc) is 3.32. The smallest absolute Gasteiger partial charge is 0.188 e. The predicted molar refractivity (Wildman–Crippen MR) is 131 cm³/mol. The van der Waals surface area contributed by atoms with Crippen molar-refractivity contribution in [2.75, 3.05) is 7.11 Å². The quantitative estimate of drug-likeness (QED) is 0.302. The van der Waals surface area contributed by atoms with Crippen LogP contribution in [0.25, 0.3) is 11.1 Å². The van der Waals surface area contributed by atoms with Crippen LogP contribution in [-0.4, -0.2) is 23.7 Å². The van der Waals surface area contributed by atoms with E-state index in [1.54, 1.807) is 7.11 Å². The molecule has 0 saturated heterocycles. The van der Waals surface area contributed by atoms with Crippen LogP contribution in [0, 0.1) is 0 Å². The van der Waals surface area contributed by atoms with Crippen LogP contribution >= 0.6 is 15.9 Å². The first-order valence-corrected chi connectivity index (χ1v) is 11.2. The maximum Gasteiger partial charge on any atom is 0.188 e. The number of benzene rings is 3. The Balaban J connectivity index is 1.65. The molecule has 5 rings (SSSR count). The van der Waals surface area contributed by atoms with E-state index < -0.39 is 6.04 Å². The molecule has 1 aliphatic heterocycles. The first-order valence-electron chi connectivity index (χ1n) is 10.4. The molecule has 1 aromatic heterocycles. The number of carbonyl (C=O) groups is 1. The van der Waals surface area contributed by atoms with Gasteiger partial charge < -0.3 is 9.30 Å². The summed E-state index contributed by atoms with van der Waals surface area (Å²) in [5.41, 5.74) is 4.39. The van der Waals surface area contributed by atoms with Crippen molar-refractivity contribution in [3.8, 4) is 16.9 Å². The zero-order valence-electron chi connectivity index (χ0n) is 17.5. The lowest BCUT2D eigenvalue weighted by molar-refractivity contribution is 0.0906. The van der Waals surface area contributed by atoms with E-state index >= 15 is 0 Å². The highest BCUT2D eigenvalue weighted by Gasteiger charge is 2.35. The zero-order chi connectivity index (χ0) is 22.1. The molecule has 0 fully saturated rings. The molecular formula is C27H21BrN2O2. The number of hydrogen-bond acceptors (Lipinski definition) is 3. The fraction of sp³-hybridized carbons (Fsp3) is 0.111. The average molecular weight is 485 g/mol. The molecule has 1 aliphatic rings. The lowest BCUT2D eigenvalue weighted by Crippen LogP contribution is -2.29. The van der Waals surface area contributed by atoms with E-state index in [2.05, 4.69) is 15.9 Å². The van der Waals surface area contributed by atoms with Crippen molar-refractivity contribution in [3.63, 3.8) is 0 Å². The summed E-state index contributed by atoms with van der Waals surface area (Å²) in [5, 5.41) is 0. The highest BCUT2D eigenvalue weighted by Crippen LogP contribution is 2.39. The second-order valence-corrected chi connectivity index (χ2v) is 8.62. The van der Waals surface area contributed by atoms with Crippen molar-refractivity contribution in [1.82, 2.24) is 4.57 Å². The molecule has 0 N–H and O–H groups in total. The van der Waals surface area contributed by atoms with Gasteiger partial charge in [-0.1, -0.05) is 58.4 Å². The van der Waals surface area contributed by atoms with E-state index in [1.807, 2.05) is 102 Å². The molecule has 32 heavy (non-hydrogen) atoms. The van der Waals surface area contributed by atoms with Gasteiger partial charge in [0.2, 0.25) is 0 Å². The molecule has 0 saturated carbocycles. The number of methoxy groups -OCH3 is 1. The summed E-state index contributed by atoms with van der Waals surface area (Å²) in [6.45, 7) is 0. The second-order valence-electron chi connectivity index (χ2n) is 7.70. The lowest BCUT2D eigenvalue weighted by atomic mass is 9.88. The third-order valence-corrected chi connectivity index (χ3v) is 6.36. The van der Waals surface area contributed by atoms with Crippen molar-refractivity contribution in [2.45, 2.75) is 12.1 Å². The fourth-order valence-corrected chi connectivity index (χ4v) is 4.51. The van der Waals surface area contributed by atoms with E-state index in [1.165, 1.54) is 0 Å². The summed E-state index contributed by atoms with van der Waals surface area (Å²) in [7, 11) is 1.63. The van der Waals surface area contributed by atoms with Crippen LogP contribution in [0.2, 0.25) is 0 Å². The van der Waals surface area contributed by atoms with Crippen molar-refractivity contribution in [3.05, 3.63) is 112 Å². The topological polar surface area (TPSA) is 43.6 Å². The minimum Gasteiger partial charge on any atom is -0.497 e. The van der Waals surface area contributed by atoms with Gasteiger partial charge in [-0.25, -0.2) is 0 Å². The Morgan fingerprint density at radius 3 is 2.50 bits per heavy atom. The van der Waals surface area contributed by atoms with Gasteiger partial charge in [-0.05, 0) is 59.2 Å². The van der Waals surface area contributed by atoms with E-state index in [4.69, 9.17) is 9.73 Å². The Hall–Kier alpha value is -3.44. The number of rotatable bonds is 5. The third-order valence-electron chi connectivity index (χ3n) is 5.84. The number of ether oxygens (including phenoxy) is 1. The number of ketones is 1. The summed E-state index contributed by atoms with van der Waals surface area (Å²) in [6, 6.07) is 26.8. The van der Waals surface area contributed by atoms with Crippen molar-refractivity contribution >= 4 is 27.9 Å². The molecular weight excluding hydrogens is 464 g/mol. The van der Waals surface area contributed by atoms with Gasteiger partial charge >= 0.3 is 0 Å². The monoisotopic (exact) mass is 484 g/mol. The van der Waals surface area contributed by atoms with Crippen LogP contribution in [0.1, 0.15) is 33.7 Å². The number of hydrogen-bond donors (Lipinski definition) is 0. The molecule has 0 aliphatic carbocycles. The van der Waals surface area contributed by atoms with Crippen LogP contribution in [0.5, 0.6) is 5.75 Å². The van der Waals surface area contributed by atoms with Crippen LogP contribution in [0.15, 0.2) is 101 Å². The largest absolute Gasteiger partial charge is 0.497 e. The summed E-state index contributed by atoms with van der Waals surface area (Å²) in [5.74, 6) is 0.733. The van der Waals surface area contributed by atoms with Crippen molar-refractivity contribution in [2.24, 2.45) is 4.99 Å². The number of aliphatic imine (C=N–C) groups is 1. The summed E-state index contributed by atoms with van der Waals surface area (Å²) >= 11 is 3.49. The van der Waals surface area contributed by atoms with E-state index in [9.17, 15) is 4.79 Å². The Morgan fingerprint density at radius 1 is 0.969 bits per heavy atom. The van der Waals surface area contributed by atoms with Crippen molar-refractivity contribution < 1.29 is 9.53 Å². The van der Waals surface area contributed by atoms with Gasteiger partial charge in [-0.2, -0.15) is 0 Å². The Labute approximate surface area is 195 Å². The summed E-state index contributed by atoms with van der Waals surface area (Å²) in [6.07, 6.45) is 3.81. The molecule has 0 spiro atoms. The normalized spacial score (nSPS) is 17.1. The third kappa shape index (κ3) is 3.69. The molecule has 2 heterocycles. The molecule has 5 heteroatoms. The van der Waals surface area contributed by atoms with Crippen LogP contribution < -0.4 is 4.74 Å². The van der Waals surface area contributed by atoms with Crippen LogP contribution in [0.4, 0.5) is 0 Å². The number of fused-ring (bicyclic) bond motifs is 1. The summed E-state index contributed by atoms with van der Waals surface area (Å²) in [4.78, 5) is 19.0. The Kier molecular flexibility index (Phi) is 5.50. The molecule has 0 bridgehead atoms. The molecule has 158 valence electrons. The standard InChI is InChI=1S/C27H21BrN2O2/c1-32-22-13-14-23(24(16-22)18-9-11-20(28)12-10-18)27(31)26-25(19-6-3-2-4-7-19)29-17-21-8-5-15-30(21)26/h2-17,25-26H,1H3/t25-,26+/m1/s1. The molecule has 2 atom stereocenters. The highest BCUT2D eigenvalue weighted by molar-refractivity contribution is 9.10. The first-order chi connectivity index (χ1) is 15.7. The lowest BCUT2D eigenvalue weighted by Gasteiger charge is -2.30. The summed E-state index contributed by atoms with van der Waals surface area (Å²) < 4.78 is 8.48. The number of halogens is 1. The van der Waals surface area contributed by atoms with Gasteiger partial charge in [0.05, 0.1) is 12.8 Å². The second kappa shape index (κ2) is 8.60. The molecule has 4 nitrogen and oxygen atoms in total. The predicted octanol–water partition coefficient (Wildman–Crippen LogP) is 6.52. The minimum atomic E-state index is -0.477. The number of carbonyl (C=O) groups excluding carboxylic acids is 1. The number of nitrogens with zero attached hydrogens (tertiary/aromatic N) is 2. The minimum absolute atomic E-state index is 0.0220. The molecule has 0 amide bonds. The molecule has 0 unspecified atom stereocenters. The van der Waals surface area contributed by atoms with Gasteiger partial charge in [-0.15, -0.1) is 0 Å². The maximum absolute atomic E-state index is 14.2. The Morgan fingerprint density at radius 2 is 1.75 bits per heavy atom.